The zero-order valence-corrected chi connectivity index (χ0v) is 16.8. The topological polar surface area (TPSA) is 45.2 Å². The fraction of sp³-hybridized carbons (Fsp3) is 0.545. The van der Waals surface area contributed by atoms with Crippen molar-refractivity contribution in [3.8, 4) is 0 Å². The molecule has 0 bridgehead atoms. The zero-order chi connectivity index (χ0) is 18.6. The number of nitrogens with zero attached hydrogens (tertiary/aromatic N) is 2. The van der Waals surface area contributed by atoms with E-state index in [1.54, 1.807) is 11.3 Å². The SMILES string of the molecule is CC1CCC(N(CC(=O)NC(c2ccccc2)c2nccs2)C2CC2)CC1. The molecule has 0 radical (unpaired) electrons. The number of rotatable bonds is 7. The van der Waals surface area contributed by atoms with Gasteiger partial charge in [0.25, 0.3) is 0 Å². The highest BCUT2D eigenvalue weighted by molar-refractivity contribution is 7.09. The van der Waals surface area contributed by atoms with E-state index in [1.165, 1.54) is 38.5 Å². The maximum atomic E-state index is 13.0. The number of thiazole rings is 1. The van der Waals surface area contributed by atoms with Crippen molar-refractivity contribution in [3.05, 3.63) is 52.5 Å². The molecule has 1 atom stereocenters. The lowest BCUT2D eigenvalue weighted by molar-refractivity contribution is -0.123. The molecule has 2 fully saturated rings. The molecule has 2 aliphatic carbocycles. The molecule has 4 nitrogen and oxygen atoms in total. The first-order chi connectivity index (χ1) is 13.2. The number of carbonyl (C=O) groups excluding carboxylic acids is 1. The molecule has 2 aliphatic rings. The average molecular weight is 384 g/mol. The minimum Gasteiger partial charge on any atom is -0.342 e. The number of benzene rings is 1. The highest BCUT2D eigenvalue weighted by Crippen LogP contribution is 2.35. The van der Waals surface area contributed by atoms with E-state index < -0.39 is 0 Å². The van der Waals surface area contributed by atoms with Gasteiger partial charge in [-0.25, -0.2) is 4.98 Å². The van der Waals surface area contributed by atoms with E-state index >= 15 is 0 Å². The Morgan fingerprint density at radius 2 is 1.81 bits per heavy atom. The summed E-state index contributed by atoms with van der Waals surface area (Å²) in [4.78, 5) is 19.9. The van der Waals surface area contributed by atoms with Gasteiger partial charge in [-0.1, -0.05) is 37.3 Å². The summed E-state index contributed by atoms with van der Waals surface area (Å²) >= 11 is 1.59. The number of hydrogen-bond donors (Lipinski definition) is 1. The number of amides is 1. The Morgan fingerprint density at radius 3 is 2.41 bits per heavy atom. The van der Waals surface area contributed by atoms with Gasteiger partial charge in [-0.2, -0.15) is 0 Å². The quantitative estimate of drug-likeness (QED) is 0.771. The summed E-state index contributed by atoms with van der Waals surface area (Å²) in [6, 6.07) is 11.2. The molecule has 27 heavy (non-hydrogen) atoms. The third kappa shape index (κ3) is 4.77. The van der Waals surface area contributed by atoms with Crippen molar-refractivity contribution in [2.24, 2.45) is 5.92 Å². The average Bonchev–Trinajstić information content (AvgIpc) is 3.39. The van der Waals surface area contributed by atoms with E-state index in [4.69, 9.17) is 0 Å². The molecule has 0 aliphatic heterocycles. The van der Waals surface area contributed by atoms with Gasteiger partial charge < -0.3 is 5.32 Å². The van der Waals surface area contributed by atoms with Gasteiger partial charge in [-0.15, -0.1) is 11.3 Å². The standard InChI is InChI=1S/C22H29N3OS/c1-16-7-9-18(10-8-16)25(19-11-12-19)15-20(26)24-21(22-23-13-14-27-22)17-5-3-2-4-6-17/h2-6,13-14,16,18-19,21H,7-12,15H2,1H3,(H,24,26). The van der Waals surface area contributed by atoms with Crippen LogP contribution >= 0.6 is 11.3 Å². The number of aromatic nitrogens is 1. The fourth-order valence-electron chi connectivity index (χ4n) is 4.22. The molecular weight excluding hydrogens is 354 g/mol. The largest absolute Gasteiger partial charge is 0.342 e. The molecule has 2 saturated carbocycles. The summed E-state index contributed by atoms with van der Waals surface area (Å²) in [7, 11) is 0. The van der Waals surface area contributed by atoms with Crippen LogP contribution < -0.4 is 5.32 Å². The highest BCUT2D eigenvalue weighted by Gasteiger charge is 2.36. The Kier molecular flexibility index (Phi) is 5.89. The van der Waals surface area contributed by atoms with Crippen molar-refractivity contribution in [2.75, 3.05) is 6.54 Å². The Hall–Kier alpha value is -1.72. The van der Waals surface area contributed by atoms with E-state index in [0.29, 0.717) is 18.6 Å². The molecule has 1 aromatic carbocycles. The highest BCUT2D eigenvalue weighted by atomic mass is 32.1. The number of carbonyl (C=O) groups is 1. The van der Waals surface area contributed by atoms with E-state index in [0.717, 1.165) is 16.5 Å². The van der Waals surface area contributed by atoms with Crippen LogP contribution in [0.2, 0.25) is 0 Å². The van der Waals surface area contributed by atoms with Crippen LogP contribution in [0.1, 0.15) is 62.1 Å². The molecule has 1 unspecified atom stereocenters. The van der Waals surface area contributed by atoms with Crippen LogP contribution in [-0.4, -0.2) is 34.4 Å². The van der Waals surface area contributed by atoms with E-state index in [-0.39, 0.29) is 11.9 Å². The van der Waals surface area contributed by atoms with Crippen molar-refractivity contribution in [1.29, 1.82) is 0 Å². The first-order valence-electron chi connectivity index (χ1n) is 10.2. The lowest BCUT2D eigenvalue weighted by atomic mass is 9.86. The van der Waals surface area contributed by atoms with Gasteiger partial charge in [0.2, 0.25) is 5.91 Å². The van der Waals surface area contributed by atoms with Crippen LogP contribution in [0.15, 0.2) is 41.9 Å². The first-order valence-corrected chi connectivity index (χ1v) is 11.1. The van der Waals surface area contributed by atoms with Crippen molar-refractivity contribution >= 4 is 17.2 Å². The summed E-state index contributed by atoms with van der Waals surface area (Å²) in [5.41, 5.74) is 1.09. The fourth-order valence-corrected chi connectivity index (χ4v) is 4.93. The Balaban J connectivity index is 1.44. The van der Waals surface area contributed by atoms with Crippen LogP contribution in [-0.2, 0) is 4.79 Å². The molecule has 1 amide bonds. The summed E-state index contributed by atoms with van der Waals surface area (Å²) in [5.74, 6) is 0.952. The van der Waals surface area contributed by atoms with Crippen LogP contribution in [0.5, 0.6) is 0 Å². The third-order valence-electron chi connectivity index (χ3n) is 5.93. The second-order valence-corrected chi connectivity index (χ2v) is 9.02. The molecule has 0 saturated heterocycles. The van der Waals surface area contributed by atoms with Gasteiger partial charge in [0.1, 0.15) is 11.0 Å². The molecule has 2 aromatic rings. The summed E-state index contributed by atoms with van der Waals surface area (Å²) < 4.78 is 0. The van der Waals surface area contributed by atoms with Gasteiger partial charge in [-0.05, 0) is 50.0 Å². The van der Waals surface area contributed by atoms with Gasteiger partial charge in [0, 0.05) is 23.7 Å². The monoisotopic (exact) mass is 383 g/mol. The molecule has 1 N–H and O–H groups in total. The van der Waals surface area contributed by atoms with Crippen LogP contribution in [0.4, 0.5) is 0 Å². The van der Waals surface area contributed by atoms with Crippen LogP contribution in [0.25, 0.3) is 0 Å². The van der Waals surface area contributed by atoms with Gasteiger partial charge in [-0.3, -0.25) is 9.69 Å². The van der Waals surface area contributed by atoms with Gasteiger partial charge >= 0.3 is 0 Å². The number of hydrogen-bond acceptors (Lipinski definition) is 4. The minimum atomic E-state index is -0.161. The third-order valence-corrected chi connectivity index (χ3v) is 6.77. The van der Waals surface area contributed by atoms with Crippen molar-refractivity contribution in [2.45, 2.75) is 63.6 Å². The molecule has 1 aromatic heterocycles. The lowest BCUT2D eigenvalue weighted by Crippen LogP contribution is -2.46. The Bertz CT molecular complexity index is 721. The predicted octanol–water partition coefficient (Wildman–Crippen LogP) is 4.39. The van der Waals surface area contributed by atoms with E-state index in [9.17, 15) is 4.79 Å². The maximum absolute atomic E-state index is 13.0. The zero-order valence-electron chi connectivity index (χ0n) is 16.0. The minimum absolute atomic E-state index is 0.115. The smallest absolute Gasteiger partial charge is 0.235 e. The van der Waals surface area contributed by atoms with E-state index in [2.05, 4.69) is 34.3 Å². The van der Waals surface area contributed by atoms with Gasteiger partial charge in [0.05, 0.1) is 6.54 Å². The molecule has 1 heterocycles. The normalized spacial score (nSPS) is 23.9. The summed E-state index contributed by atoms with van der Waals surface area (Å²) in [6.45, 7) is 2.86. The molecule has 144 valence electrons. The van der Waals surface area contributed by atoms with E-state index in [1.807, 2.05) is 29.8 Å². The second-order valence-electron chi connectivity index (χ2n) is 8.10. The second kappa shape index (κ2) is 8.53. The summed E-state index contributed by atoms with van der Waals surface area (Å²) in [5, 5.41) is 6.18. The van der Waals surface area contributed by atoms with Gasteiger partial charge in [0.15, 0.2) is 0 Å². The van der Waals surface area contributed by atoms with Crippen molar-refractivity contribution in [3.63, 3.8) is 0 Å². The Morgan fingerprint density at radius 1 is 1.15 bits per heavy atom. The predicted molar refractivity (Wildman–Crippen MR) is 110 cm³/mol. The number of nitrogens with one attached hydrogen (secondary N) is 1. The van der Waals surface area contributed by atoms with Crippen LogP contribution in [0.3, 0.4) is 0 Å². The van der Waals surface area contributed by atoms with Crippen molar-refractivity contribution < 1.29 is 4.79 Å². The first kappa shape index (κ1) is 18.6. The Labute approximate surface area is 166 Å². The van der Waals surface area contributed by atoms with Crippen LogP contribution in [0, 0.1) is 5.92 Å². The lowest BCUT2D eigenvalue weighted by Gasteiger charge is -2.36. The molecule has 5 heteroatoms. The summed E-state index contributed by atoms with van der Waals surface area (Å²) in [6.07, 6.45) is 9.35. The molecule has 0 spiro atoms. The van der Waals surface area contributed by atoms with Crippen molar-refractivity contribution in [1.82, 2.24) is 15.2 Å². The molecule has 4 rings (SSSR count). The maximum Gasteiger partial charge on any atom is 0.235 e. The molecular formula is C22H29N3OS.